The summed E-state index contributed by atoms with van der Waals surface area (Å²) in [6.45, 7) is 9.13. The Morgan fingerprint density at radius 2 is 2.04 bits per heavy atom. The first-order valence-corrected chi connectivity index (χ1v) is 10.3. The molecule has 3 rings (SSSR count). The standard InChI is InChI=1S/C22H29N5O/c1-3-26(4-2)11-5-6-21(28)17-9-12-27(13-10-17)20-8-7-18(14-23)22-19(20)15-24-16-25-22/h7-8,15-17H,3-6,9-13H2,1-2H3. The number of nitrogens with zero attached hydrogens (tertiary/aromatic N) is 5. The second-order valence-corrected chi connectivity index (χ2v) is 7.39. The normalized spacial score (nSPS) is 15.1. The molecule has 1 aliphatic rings. The van der Waals surface area contributed by atoms with Crippen LogP contribution in [-0.2, 0) is 4.79 Å². The molecule has 0 unspecified atom stereocenters. The zero-order valence-corrected chi connectivity index (χ0v) is 16.9. The van der Waals surface area contributed by atoms with Crippen molar-refractivity contribution in [2.75, 3.05) is 37.6 Å². The van der Waals surface area contributed by atoms with Crippen molar-refractivity contribution in [3.63, 3.8) is 0 Å². The Hall–Kier alpha value is -2.52. The van der Waals surface area contributed by atoms with Gasteiger partial charge in [0.15, 0.2) is 0 Å². The van der Waals surface area contributed by atoms with Gasteiger partial charge < -0.3 is 9.80 Å². The Labute approximate surface area is 167 Å². The van der Waals surface area contributed by atoms with Crippen LogP contribution in [0.1, 0.15) is 45.1 Å². The molecular weight excluding hydrogens is 350 g/mol. The van der Waals surface area contributed by atoms with Crippen LogP contribution in [0.15, 0.2) is 24.7 Å². The number of piperidine rings is 1. The number of benzene rings is 1. The van der Waals surface area contributed by atoms with Gasteiger partial charge in [-0.25, -0.2) is 9.97 Å². The zero-order chi connectivity index (χ0) is 19.9. The Kier molecular flexibility index (Phi) is 6.94. The number of nitriles is 1. The minimum absolute atomic E-state index is 0.175. The van der Waals surface area contributed by atoms with Crippen LogP contribution in [0.4, 0.5) is 5.69 Å². The second kappa shape index (κ2) is 9.61. The van der Waals surface area contributed by atoms with Gasteiger partial charge in [0.1, 0.15) is 18.2 Å². The van der Waals surface area contributed by atoms with E-state index < -0.39 is 0 Å². The third kappa shape index (κ3) is 4.48. The molecule has 2 heterocycles. The monoisotopic (exact) mass is 379 g/mol. The van der Waals surface area contributed by atoms with Gasteiger partial charge in [-0.05, 0) is 51.0 Å². The first-order valence-electron chi connectivity index (χ1n) is 10.3. The topological polar surface area (TPSA) is 73.1 Å². The summed E-state index contributed by atoms with van der Waals surface area (Å²) >= 11 is 0. The molecule has 1 fully saturated rings. The number of fused-ring (bicyclic) bond motifs is 1. The number of carbonyl (C=O) groups is 1. The van der Waals surface area contributed by atoms with Crippen LogP contribution in [0, 0.1) is 17.2 Å². The summed E-state index contributed by atoms with van der Waals surface area (Å²) in [6.07, 6.45) is 6.69. The Morgan fingerprint density at radius 3 is 2.71 bits per heavy atom. The number of hydrogen-bond acceptors (Lipinski definition) is 6. The maximum Gasteiger partial charge on any atom is 0.136 e. The first-order chi connectivity index (χ1) is 13.7. The van der Waals surface area contributed by atoms with Gasteiger partial charge in [-0.2, -0.15) is 5.26 Å². The molecule has 148 valence electrons. The Morgan fingerprint density at radius 1 is 1.29 bits per heavy atom. The molecule has 1 aromatic heterocycles. The van der Waals surface area contributed by atoms with Crippen molar-refractivity contribution in [1.82, 2.24) is 14.9 Å². The fourth-order valence-electron chi connectivity index (χ4n) is 4.09. The summed E-state index contributed by atoms with van der Waals surface area (Å²) in [6, 6.07) is 6.01. The van der Waals surface area contributed by atoms with E-state index in [4.69, 9.17) is 0 Å². The van der Waals surface area contributed by atoms with E-state index in [-0.39, 0.29) is 5.92 Å². The molecule has 1 aliphatic heterocycles. The van der Waals surface area contributed by atoms with E-state index in [0.717, 1.165) is 63.1 Å². The Balaban J connectivity index is 1.59. The van der Waals surface area contributed by atoms with Crippen molar-refractivity contribution < 1.29 is 4.79 Å². The quantitative estimate of drug-likeness (QED) is 0.700. The molecule has 6 heteroatoms. The lowest BCUT2D eigenvalue weighted by Crippen LogP contribution is -2.36. The number of carbonyl (C=O) groups excluding carboxylic acids is 1. The minimum Gasteiger partial charge on any atom is -0.371 e. The van der Waals surface area contributed by atoms with E-state index in [0.29, 0.717) is 23.3 Å². The van der Waals surface area contributed by atoms with Gasteiger partial charge in [0.2, 0.25) is 0 Å². The summed E-state index contributed by atoms with van der Waals surface area (Å²) in [7, 11) is 0. The third-order valence-corrected chi connectivity index (χ3v) is 5.85. The molecular formula is C22H29N5O. The summed E-state index contributed by atoms with van der Waals surface area (Å²) in [5.41, 5.74) is 2.33. The van der Waals surface area contributed by atoms with Crippen LogP contribution in [-0.4, -0.2) is 53.4 Å². The van der Waals surface area contributed by atoms with E-state index in [1.54, 1.807) is 6.20 Å². The zero-order valence-electron chi connectivity index (χ0n) is 16.9. The average molecular weight is 380 g/mol. The third-order valence-electron chi connectivity index (χ3n) is 5.85. The summed E-state index contributed by atoms with van der Waals surface area (Å²) in [5.74, 6) is 0.591. The van der Waals surface area contributed by atoms with Gasteiger partial charge in [-0.1, -0.05) is 13.8 Å². The van der Waals surface area contributed by atoms with E-state index in [9.17, 15) is 10.1 Å². The molecule has 1 saturated heterocycles. The summed E-state index contributed by atoms with van der Waals surface area (Å²) in [4.78, 5) is 25.7. The second-order valence-electron chi connectivity index (χ2n) is 7.39. The van der Waals surface area contributed by atoms with Crippen LogP contribution in [0.5, 0.6) is 0 Å². The molecule has 0 saturated carbocycles. The molecule has 0 radical (unpaired) electrons. The van der Waals surface area contributed by atoms with E-state index in [1.165, 1.54) is 6.33 Å². The number of rotatable bonds is 8. The van der Waals surface area contributed by atoms with Gasteiger partial charge in [-0.3, -0.25) is 4.79 Å². The number of Topliss-reactive ketones (excluding diaryl/α,β-unsaturated/α-hetero) is 1. The van der Waals surface area contributed by atoms with Crippen LogP contribution in [0.3, 0.4) is 0 Å². The highest BCUT2D eigenvalue weighted by Gasteiger charge is 2.25. The first kappa shape index (κ1) is 20.2. The highest BCUT2D eigenvalue weighted by molar-refractivity contribution is 5.94. The van der Waals surface area contributed by atoms with Gasteiger partial charge in [-0.15, -0.1) is 0 Å². The lowest BCUT2D eigenvalue weighted by molar-refractivity contribution is -0.123. The molecule has 0 atom stereocenters. The van der Waals surface area contributed by atoms with Gasteiger partial charge in [0, 0.05) is 42.7 Å². The van der Waals surface area contributed by atoms with Gasteiger partial charge in [0.05, 0.1) is 11.1 Å². The smallest absolute Gasteiger partial charge is 0.136 e. The molecule has 0 N–H and O–H groups in total. The Bertz CT molecular complexity index is 848. The van der Waals surface area contributed by atoms with Crippen LogP contribution >= 0.6 is 0 Å². The number of ketones is 1. The molecule has 1 aromatic carbocycles. The summed E-state index contributed by atoms with van der Waals surface area (Å²) in [5, 5.41) is 10.2. The van der Waals surface area contributed by atoms with Gasteiger partial charge in [0.25, 0.3) is 0 Å². The van der Waals surface area contributed by atoms with E-state index in [2.05, 4.69) is 39.7 Å². The number of hydrogen-bond donors (Lipinski definition) is 0. The lowest BCUT2D eigenvalue weighted by Gasteiger charge is -2.33. The van der Waals surface area contributed by atoms with E-state index in [1.807, 2.05) is 12.1 Å². The molecule has 0 amide bonds. The van der Waals surface area contributed by atoms with Gasteiger partial charge >= 0.3 is 0 Å². The van der Waals surface area contributed by atoms with Crippen LogP contribution < -0.4 is 4.90 Å². The fourth-order valence-corrected chi connectivity index (χ4v) is 4.09. The van der Waals surface area contributed by atoms with Crippen LogP contribution in [0.2, 0.25) is 0 Å². The molecule has 28 heavy (non-hydrogen) atoms. The van der Waals surface area contributed by atoms with Crippen molar-refractivity contribution >= 4 is 22.4 Å². The minimum atomic E-state index is 0.175. The predicted molar refractivity (Wildman–Crippen MR) is 111 cm³/mol. The van der Waals surface area contributed by atoms with Crippen molar-refractivity contribution in [2.45, 2.75) is 39.5 Å². The molecule has 0 spiro atoms. The largest absolute Gasteiger partial charge is 0.371 e. The summed E-state index contributed by atoms with van der Waals surface area (Å²) < 4.78 is 0. The average Bonchev–Trinajstić information content (AvgIpc) is 2.76. The van der Waals surface area contributed by atoms with Crippen molar-refractivity contribution in [3.8, 4) is 6.07 Å². The molecule has 0 bridgehead atoms. The van der Waals surface area contributed by atoms with E-state index >= 15 is 0 Å². The highest BCUT2D eigenvalue weighted by Crippen LogP contribution is 2.31. The molecule has 2 aromatic rings. The number of anilines is 1. The van der Waals surface area contributed by atoms with Crippen molar-refractivity contribution in [2.24, 2.45) is 5.92 Å². The molecule has 0 aliphatic carbocycles. The number of aromatic nitrogens is 2. The fraction of sp³-hybridized carbons (Fsp3) is 0.545. The predicted octanol–water partition coefficient (Wildman–Crippen LogP) is 3.41. The van der Waals surface area contributed by atoms with Crippen molar-refractivity contribution in [1.29, 1.82) is 5.26 Å². The van der Waals surface area contributed by atoms with Crippen LogP contribution in [0.25, 0.3) is 10.9 Å². The maximum absolute atomic E-state index is 12.6. The molecule has 6 nitrogen and oxygen atoms in total. The SMILES string of the molecule is CCN(CC)CCCC(=O)C1CCN(c2ccc(C#N)c3ncncc23)CC1. The maximum atomic E-state index is 12.6. The lowest BCUT2D eigenvalue weighted by atomic mass is 9.90. The highest BCUT2D eigenvalue weighted by atomic mass is 16.1. The van der Waals surface area contributed by atoms with Crippen molar-refractivity contribution in [3.05, 3.63) is 30.2 Å².